The number of benzene rings is 1. The normalized spacial score (nSPS) is 16.5. The molecular weight excluding hydrogens is 404 g/mol. The van der Waals surface area contributed by atoms with Gasteiger partial charge in [0.1, 0.15) is 11.6 Å². The topological polar surface area (TPSA) is 25.4 Å². The first kappa shape index (κ1) is 25.1. The molecular formula is C30H42N2O. The van der Waals surface area contributed by atoms with Crippen LogP contribution in [0.1, 0.15) is 90.2 Å². The van der Waals surface area contributed by atoms with Crippen molar-refractivity contribution in [2.75, 3.05) is 12.0 Å². The molecule has 0 aliphatic carbocycles. The minimum absolute atomic E-state index is 0.325. The summed E-state index contributed by atoms with van der Waals surface area (Å²) in [6, 6.07) is 13.1. The molecule has 0 radical (unpaired) electrons. The van der Waals surface area contributed by atoms with E-state index >= 15 is 0 Å². The van der Waals surface area contributed by atoms with E-state index in [4.69, 9.17) is 9.72 Å². The third-order valence-electron chi connectivity index (χ3n) is 6.65. The zero-order valence-electron chi connectivity index (χ0n) is 21.6. The molecule has 0 fully saturated rings. The molecule has 3 nitrogen and oxygen atoms in total. The Balaban J connectivity index is 2.44. The Morgan fingerprint density at radius 2 is 1.55 bits per heavy atom. The molecule has 0 spiro atoms. The SMILES string of the molecule is CCCC1=C(CCC)C(CCC)N(c2ncccc2C)C(c2ccccc2OC)=C1CCC. The minimum atomic E-state index is 0.325. The first-order chi connectivity index (χ1) is 16.1. The first-order valence-electron chi connectivity index (χ1n) is 12.9. The molecule has 1 unspecified atom stereocenters. The van der Waals surface area contributed by atoms with Gasteiger partial charge in [0, 0.05) is 11.8 Å². The van der Waals surface area contributed by atoms with Crippen molar-refractivity contribution in [1.82, 2.24) is 4.98 Å². The highest BCUT2D eigenvalue weighted by atomic mass is 16.5. The fraction of sp³-hybridized carbons (Fsp3) is 0.500. The number of aryl methyl sites for hydroxylation is 1. The highest BCUT2D eigenvalue weighted by Gasteiger charge is 2.36. The average molecular weight is 447 g/mol. The third kappa shape index (κ3) is 5.18. The molecule has 178 valence electrons. The van der Waals surface area contributed by atoms with Gasteiger partial charge in [0.2, 0.25) is 0 Å². The highest BCUT2D eigenvalue weighted by molar-refractivity contribution is 5.89. The Hall–Kier alpha value is -2.55. The van der Waals surface area contributed by atoms with Gasteiger partial charge in [-0.05, 0) is 73.1 Å². The van der Waals surface area contributed by atoms with E-state index in [0.717, 1.165) is 56.5 Å². The van der Waals surface area contributed by atoms with Crippen LogP contribution in [-0.2, 0) is 0 Å². The second-order valence-electron chi connectivity index (χ2n) is 9.10. The lowest BCUT2D eigenvalue weighted by Crippen LogP contribution is -2.41. The lowest BCUT2D eigenvalue weighted by atomic mass is 9.79. The second kappa shape index (κ2) is 12.1. The summed E-state index contributed by atoms with van der Waals surface area (Å²) in [7, 11) is 1.78. The van der Waals surface area contributed by atoms with Crippen LogP contribution < -0.4 is 9.64 Å². The number of pyridine rings is 1. The van der Waals surface area contributed by atoms with E-state index in [1.807, 2.05) is 12.3 Å². The molecule has 3 heteroatoms. The zero-order valence-corrected chi connectivity index (χ0v) is 21.6. The lowest BCUT2D eigenvalue weighted by Gasteiger charge is -2.44. The molecule has 0 N–H and O–H groups in total. The maximum absolute atomic E-state index is 5.91. The van der Waals surface area contributed by atoms with Gasteiger partial charge in [0.25, 0.3) is 0 Å². The monoisotopic (exact) mass is 446 g/mol. The molecule has 0 saturated carbocycles. The highest BCUT2D eigenvalue weighted by Crippen LogP contribution is 2.47. The molecule has 1 aromatic carbocycles. The van der Waals surface area contributed by atoms with Gasteiger partial charge in [-0.3, -0.25) is 0 Å². The fourth-order valence-corrected chi connectivity index (χ4v) is 5.35. The van der Waals surface area contributed by atoms with Crippen LogP contribution in [0.4, 0.5) is 5.82 Å². The van der Waals surface area contributed by atoms with Crippen molar-refractivity contribution in [2.45, 2.75) is 92.0 Å². The summed E-state index contributed by atoms with van der Waals surface area (Å²) in [5.41, 5.74) is 8.43. The Morgan fingerprint density at radius 3 is 2.18 bits per heavy atom. The van der Waals surface area contributed by atoms with Gasteiger partial charge in [-0.1, -0.05) is 71.6 Å². The number of anilines is 1. The Bertz CT molecular complexity index is 988. The minimum Gasteiger partial charge on any atom is -0.496 e. The third-order valence-corrected chi connectivity index (χ3v) is 6.65. The number of hydrogen-bond acceptors (Lipinski definition) is 3. The Morgan fingerprint density at radius 1 is 0.848 bits per heavy atom. The van der Waals surface area contributed by atoms with Crippen LogP contribution in [0, 0.1) is 6.92 Å². The van der Waals surface area contributed by atoms with Gasteiger partial charge in [0.15, 0.2) is 0 Å². The lowest BCUT2D eigenvalue weighted by molar-refractivity contribution is 0.413. The second-order valence-corrected chi connectivity index (χ2v) is 9.10. The zero-order chi connectivity index (χ0) is 23.8. The maximum Gasteiger partial charge on any atom is 0.136 e. The van der Waals surface area contributed by atoms with E-state index < -0.39 is 0 Å². The predicted octanol–water partition coefficient (Wildman–Crippen LogP) is 8.50. The van der Waals surface area contributed by atoms with Gasteiger partial charge in [-0.2, -0.15) is 0 Å². The van der Waals surface area contributed by atoms with Crippen LogP contribution in [0.15, 0.2) is 59.3 Å². The van der Waals surface area contributed by atoms with Crippen LogP contribution in [0.5, 0.6) is 5.75 Å². The number of nitrogens with zero attached hydrogens (tertiary/aromatic N) is 2. The van der Waals surface area contributed by atoms with Gasteiger partial charge in [0.05, 0.1) is 18.8 Å². The summed E-state index contributed by atoms with van der Waals surface area (Å²) in [6.45, 7) is 11.4. The standard InChI is InChI=1S/C30H42N2O/c1-7-14-23-24(15-8-2)27(17-10-4)32(30-22(5)18-13-21-31-30)29(25(23)16-9-3)26-19-11-12-20-28(26)33-6/h11-13,18-21,27H,7-10,14-17H2,1-6H3. The quantitative estimate of drug-likeness (QED) is 0.346. The number of para-hydroxylation sites is 1. The summed E-state index contributed by atoms with van der Waals surface area (Å²) >= 11 is 0. The summed E-state index contributed by atoms with van der Waals surface area (Å²) in [4.78, 5) is 7.53. The van der Waals surface area contributed by atoms with Crippen LogP contribution >= 0.6 is 0 Å². The van der Waals surface area contributed by atoms with E-state index in [9.17, 15) is 0 Å². The number of hydrogen-bond donors (Lipinski definition) is 0. The van der Waals surface area contributed by atoms with Crippen molar-refractivity contribution >= 4 is 11.5 Å². The molecule has 1 aliphatic heterocycles. The van der Waals surface area contributed by atoms with Gasteiger partial charge >= 0.3 is 0 Å². The van der Waals surface area contributed by atoms with Crippen molar-refractivity contribution < 1.29 is 4.74 Å². The van der Waals surface area contributed by atoms with Crippen molar-refractivity contribution in [3.8, 4) is 5.75 Å². The molecule has 1 atom stereocenters. The fourth-order valence-electron chi connectivity index (χ4n) is 5.35. The smallest absolute Gasteiger partial charge is 0.136 e. The predicted molar refractivity (Wildman–Crippen MR) is 142 cm³/mol. The Labute approximate surface area is 201 Å². The van der Waals surface area contributed by atoms with E-state index in [0.29, 0.717) is 6.04 Å². The van der Waals surface area contributed by atoms with Crippen molar-refractivity contribution in [3.05, 3.63) is 70.4 Å². The van der Waals surface area contributed by atoms with Crippen LogP contribution in [0.3, 0.4) is 0 Å². The number of rotatable bonds is 11. The van der Waals surface area contributed by atoms with E-state index in [1.54, 1.807) is 18.3 Å². The van der Waals surface area contributed by atoms with Gasteiger partial charge in [-0.25, -0.2) is 4.98 Å². The van der Waals surface area contributed by atoms with Crippen molar-refractivity contribution in [2.24, 2.45) is 0 Å². The molecule has 2 heterocycles. The summed E-state index contributed by atoms with van der Waals surface area (Å²) in [5, 5.41) is 0. The number of aromatic nitrogens is 1. The molecule has 0 bridgehead atoms. The largest absolute Gasteiger partial charge is 0.496 e. The van der Waals surface area contributed by atoms with E-state index in [-0.39, 0.29) is 0 Å². The summed E-state index contributed by atoms with van der Waals surface area (Å²) in [6.07, 6.45) is 11.0. The first-order valence-corrected chi connectivity index (χ1v) is 12.9. The molecule has 1 aliphatic rings. The number of ether oxygens (including phenoxy) is 1. The molecule has 0 amide bonds. The molecule has 3 rings (SSSR count). The van der Waals surface area contributed by atoms with Gasteiger partial charge < -0.3 is 9.64 Å². The summed E-state index contributed by atoms with van der Waals surface area (Å²) < 4.78 is 5.91. The number of allylic oxidation sites excluding steroid dienone is 2. The van der Waals surface area contributed by atoms with Crippen LogP contribution in [-0.4, -0.2) is 18.1 Å². The average Bonchev–Trinajstić information content (AvgIpc) is 2.83. The van der Waals surface area contributed by atoms with Gasteiger partial charge in [-0.15, -0.1) is 0 Å². The summed E-state index contributed by atoms with van der Waals surface area (Å²) in [5.74, 6) is 2.01. The molecule has 2 aromatic rings. The maximum atomic E-state index is 5.91. The number of methoxy groups -OCH3 is 1. The van der Waals surface area contributed by atoms with E-state index in [1.165, 1.54) is 28.8 Å². The van der Waals surface area contributed by atoms with Crippen LogP contribution in [0.25, 0.3) is 5.70 Å². The molecule has 0 saturated heterocycles. The molecule has 33 heavy (non-hydrogen) atoms. The molecule has 1 aromatic heterocycles. The van der Waals surface area contributed by atoms with E-state index in [2.05, 4.69) is 69.9 Å². The van der Waals surface area contributed by atoms with Crippen molar-refractivity contribution in [1.29, 1.82) is 0 Å². The van der Waals surface area contributed by atoms with Crippen LogP contribution in [0.2, 0.25) is 0 Å². The Kier molecular flexibility index (Phi) is 9.17. The van der Waals surface area contributed by atoms with Crippen molar-refractivity contribution in [3.63, 3.8) is 0 Å².